The Bertz CT molecular complexity index is 393. The van der Waals surface area contributed by atoms with Gasteiger partial charge in [-0.15, -0.1) is 0 Å². The van der Waals surface area contributed by atoms with Gasteiger partial charge in [0.2, 0.25) is 0 Å². The predicted molar refractivity (Wildman–Crippen MR) is 71.6 cm³/mol. The molecule has 3 heteroatoms. The van der Waals surface area contributed by atoms with Crippen LogP contribution < -0.4 is 5.32 Å². The van der Waals surface area contributed by atoms with E-state index in [2.05, 4.69) is 17.4 Å². The van der Waals surface area contributed by atoms with E-state index in [-0.39, 0.29) is 12.1 Å². The standard InChI is InChI=1S/C15H21NO2/c17-15-10-5-4-8-14(15)18-11-9-13(15)16-12-6-2-1-3-7-12/h1-3,6-7,13-14,16-17H,4-5,8-11H2/t13?,14?,15-/m0/s1. The Morgan fingerprint density at radius 1 is 1.17 bits per heavy atom. The summed E-state index contributed by atoms with van der Waals surface area (Å²) in [7, 11) is 0. The first-order valence-corrected chi connectivity index (χ1v) is 6.94. The van der Waals surface area contributed by atoms with Crippen molar-refractivity contribution >= 4 is 5.69 Å². The third kappa shape index (κ3) is 2.13. The topological polar surface area (TPSA) is 41.5 Å². The van der Waals surface area contributed by atoms with Crippen LogP contribution >= 0.6 is 0 Å². The minimum atomic E-state index is -0.688. The van der Waals surface area contributed by atoms with E-state index in [0.29, 0.717) is 0 Å². The summed E-state index contributed by atoms with van der Waals surface area (Å²) in [6, 6.07) is 10.3. The Kier molecular flexibility index (Phi) is 3.27. The van der Waals surface area contributed by atoms with Gasteiger partial charge in [-0.1, -0.05) is 31.0 Å². The van der Waals surface area contributed by atoms with E-state index in [0.717, 1.165) is 38.0 Å². The van der Waals surface area contributed by atoms with Gasteiger partial charge in [-0.05, 0) is 31.4 Å². The second-order valence-corrected chi connectivity index (χ2v) is 5.45. The summed E-state index contributed by atoms with van der Waals surface area (Å²) in [5.74, 6) is 0. The van der Waals surface area contributed by atoms with Crippen LogP contribution in [0.15, 0.2) is 30.3 Å². The summed E-state index contributed by atoms with van der Waals surface area (Å²) in [6.07, 6.45) is 5.00. The molecule has 1 saturated heterocycles. The van der Waals surface area contributed by atoms with Crippen molar-refractivity contribution < 1.29 is 9.84 Å². The normalized spacial score (nSPS) is 35.8. The van der Waals surface area contributed by atoms with Crippen LogP contribution in [-0.4, -0.2) is 29.5 Å². The number of para-hydroxylation sites is 1. The van der Waals surface area contributed by atoms with Crippen molar-refractivity contribution in [3.05, 3.63) is 30.3 Å². The SMILES string of the molecule is O[C@]12CCCCC1OCCC2Nc1ccccc1. The lowest BCUT2D eigenvalue weighted by molar-refractivity contribution is -0.169. The highest BCUT2D eigenvalue weighted by Gasteiger charge is 2.48. The number of aliphatic hydroxyl groups is 1. The molecule has 18 heavy (non-hydrogen) atoms. The Labute approximate surface area is 108 Å². The number of hydrogen-bond acceptors (Lipinski definition) is 3. The molecule has 0 aromatic heterocycles. The molecule has 2 unspecified atom stereocenters. The molecule has 1 aliphatic carbocycles. The van der Waals surface area contributed by atoms with E-state index in [4.69, 9.17) is 4.74 Å². The Hall–Kier alpha value is -1.06. The number of hydrogen-bond donors (Lipinski definition) is 2. The molecule has 3 atom stereocenters. The number of anilines is 1. The first-order valence-electron chi connectivity index (χ1n) is 6.94. The van der Waals surface area contributed by atoms with Crippen LogP contribution in [0, 0.1) is 0 Å². The van der Waals surface area contributed by atoms with Crippen LogP contribution in [0.1, 0.15) is 32.1 Å². The average molecular weight is 247 g/mol. The number of rotatable bonds is 2. The van der Waals surface area contributed by atoms with Gasteiger partial charge in [0, 0.05) is 12.3 Å². The van der Waals surface area contributed by atoms with Gasteiger partial charge in [-0.25, -0.2) is 0 Å². The summed E-state index contributed by atoms with van der Waals surface area (Å²) < 4.78 is 5.76. The van der Waals surface area contributed by atoms with E-state index in [9.17, 15) is 5.11 Å². The highest BCUT2D eigenvalue weighted by molar-refractivity contribution is 5.44. The third-order valence-electron chi connectivity index (χ3n) is 4.29. The van der Waals surface area contributed by atoms with Crippen LogP contribution in [0.25, 0.3) is 0 Å². The molecule has 0 spiro atoms. The van der Waals surface area contributed by atoms with Crippen molar-refractivity contribution in [3.8, 4) is 0 Å². The molecule has 1 aromatic carbocycles. The highest BCUT2D eigenvalue weighted by Crippen LogP contribution is 2.38. The van der Waals surface area contributed by atoms with Crippen molar-refractivity contribution in [2.24, 2.45) is 0 Å². The second-order valence-electron chi connectivity index (χ2n) is 5.45. The molecule has 1 aliphatic heterocycles. The van der Waals surface area contributed by atoms with Gasteiger partial charge in [0.25, 0.3) is 0 Å². The largest absolute Gasteiger partial charge is 0.385 e. The monoisotopic (exact) mass is 247 g/mol. The van der Waals surface area contributed by atoms with Gasteiger partial charge in [-0.2, -0.15) is 0 Å². The molecule has 0 radical (unpaired) electrons. The van der Waals surface area contributed by atoms with Gasteiger partial charge in [0.05, 0.1) is 12.1 Å². The maximum atomic E-state index is 10.9. The molecule has 1 aromatic rings. The quantitative estimate of drug-likeness (QED) is 0.844. The van der Waals surface area contributed by atoms with E-state index in [1.165, 1.54) is 6.42 Å². The van der Waals surface area contributed by atoms with Gasteiger partial charge in [0.15, 0.2) is 0 Å². The van der Waals surface area contributed by atoms with Gasteiger partial charge in [0.1, 0.15) is 5.60 Å². The minimum Gasteiger partial charge on any atom is -0.385 e. The van der Waals surface area contributed by atoms with Gasteiger partial charge in [-0.3, -0.25) is 0 Å². The molecule has 2 aliphatic rings. The van der Waals surface area contributed by atoms with Crippen LogP contribution in [0.3, 0.4) is 0 Å². The van der Waals surface area contributed by atoms with E-state index in [1.54, 1.807) is 0 Å². The molecule has 3 nitrogen and oxygen atoms in total. The number of nitrogens with one attached hydrogen (secondary N) is 1. The summed E-state index contributed by atoms with van der Waals surface area (Å²) in [6.45, 7) is 0.747. The summed E-state index contributed by atoms with van der Waals surface area (Å²) in [4.78, 5) is 0. The van der Waals surface area contributed by atoms with Crippen LogP contribution in [-0.2, 0) is 4.74 Å². The average Bonchev–Trinajstić information content (AvgIpc) is 2.41. The highest BCUT2D eigenvalue weighted by atomic mass is 16.5. The van der Waals surface area contributed by atoms with Crippen molar-refractivity contribution in [1.82, 2.24) is 0 Å². The summed E-state index contributed by atoms with van der Waals surface area (Å²) in [5, 5.41) is 14.4. The predicted octanol–water partition coefficient (Wildman–Crippen LogP) is 2.56. The zero-order chi connectivity index (χ0) is 12.4. The first kappa shape index (κ1) is 12.0. The third-order valence-corrected chi connectivity index (χ3v) is 4.29. The Balaban J connectivity index is 1.78. The van der Waals surface area contributed by atoms with Crippen molar-refractivity contribution in [3.63, 3.8) is 0 Å². The van der Waals surface area contributed by atoms with Crippen LogP contribution in [0.4, 0.5) is 5.69 Å². The van der Waals surface area contributed by atoms with Crippen LogP contribution in [0.2, 0.25) is 0 Å². The van der Waals surface area contributed by atoms with Crippen molar-refractivity contribution in [2.45, 2.75) is 49.9 Å². The van der Waals surface area contributed by atoms with Crippen molar-refractivity contribution in [1.29, 1.82) is 0 Å². The van der Waals surface area contributed by atoms with E-state index in [1.807, 2.05) is 18.2 Å². The Morgan fingerprint density at radius 3 is 2.83 bits per heavy atom. The lowest BCUT2D eigenvalue weighted by Gasteiger charge is -2.48. The molecule has 98 valence electrons. The molecule has 1 heterocycles. The first-order chi connectivity index (χ1) is 8.79. The minimum absolute atomic E-state index is 0.0150. The number of fused-ring (bicyclic) bond motifs is 1. The molecule has 0 bridgehead atoms. The zero-order valence-electron chi connectivity index (χ0n) is 10.6. The fraction of sp³-hybridized carbons (Fsp3) is 0.600. The lowest BCUT2D eigenvalue weighted by atomic mass is 9.74. The van der Waals surface area contributed by atoms with E-state index < -0.39 is 5.60 Å². The zero-order valence-corrected chi connectivity index (χ0v) is 10.6. The molecule has 0 amide bonds. The smallest absolute Gasteiger partial charge is 0.111 e. The lowest BCUT2D eigenvalue weighted by Crippen LogP contribution is -2.60. The van der Waals surface area contributed by atoms with Gasteiger partial charge >= 0.3 is 0 Å². The molecular formula is C15H21NO2. The molecule has 3 rings (SSSR count). The fourth-order valence-corrected chi connectivity index (χ4v) is 3.29. The Morgan fingerprint density at radius 2 is 2.00 bits per heavy atom. The van der Waals surface area contributed by atoms with Gasteiger partial charge < -0.3 is 15.2 Å². The van der Waals surface area contributed by atoms with Crippen molar-refractivity contribution in [2.75, 3.05) is 11.9 Å². The molecular weight excluding hydrogens is 226 g/mol. The number of ether oxygens (including phenoxy) is 1. The maximum absolute atomic E-state index is 10.9. The molecule has 2 fully saturated rings. The second kappa shape index (κ2) is 4.90. The number of benzene rings is 1. The molecule has 2 N–H and O–H groups in total. The summed E-state index contributed by atoms with van der Waals surface area (Å²) >= 11 is 0. The van der Waals surface area contributed by atoms with E-state index >= 15 is 0 Å². The maximum Gasteiger partial charge on any atom is 0.111 e. The summed E-state index contributed by atoms with van der Waals surface area (Å²) in [5.41, 5.74) is 0.397. The molecule has 1 saturated carbocycles. The fourth-order valence-electron chi connectivity index (χ4n) is 3.29. The van der Waals surface area contributed by atoms with Crippen LogP contribution in [0.5, 0.6) is 0 Å².